The minimum Gasteiger partial charge on any atom is -0.497 e. The molecule has 1 unspecified atom stereocenters. The first-order chi connectivity index (χ1) is 8.76. The predicted octanol–water partition coefficient (Wildman–Crippen LogP) is 2.01. The first kappa shape index (κ1) is 12.9. The number of amides is 1. The Bertz CT molecular complexity index is 413. The van der Waals surface area contributed by atoms with Gasteiger partial charge >= 0.3 is 0 Å². The zero-order valence-corrected chi connectivity index (χ0v) is 10.9. The number of rotatable bonds is 4. The van der Waals surface area contributed by atoms with E-state index in [1.54, 1.807) is 14.2 Å². The quantitative estimate of drug-likeness (QED) is 0.819. The van der Waals surface area contributed by atoms with Gasteiger partial charge in [0, 0.05) is 20.2 Å². The molecular formula is C14H19NO3. The van der Waals surface area contributed by atoms with E-state index in [0.717, 1.165) is 37.2 Å². The van der Waals surface area contributed by atoms with E-state index in [4.69, 9.17) is 9.47 Å². The van der Waals surface area contributed by atoms with Crippen molar-refractivity contribution in [2.45, 2.75) is 18.9 Å². The second-order valence-electron chi connectivity index (χ2n) is 4.42. The first-order valence-corrected chi connectivity index (χ1v) is 6.22. The molecule has 0 saturated carbocycles. The van der Waals surface area contributed by atoms with Gasteiger partial charge in [-0.25, -0.2) is 0 Å². The molecule has 0 N–H and O–H groups in total. The monoisotopic (exact) mass is 249 g/mol. The molecule has 1 aromatic rings. The Balaban J connectivity index is 2.18. The summed E-state index contributed by atoms with van der Waals surface area (Å²) in [4.78, 5) is 14.2. The Morgan fingerprint density at radius 2 is 2.00 bits per heavy atom. The summed E-state index contributed by atoms with van der Waals surface area (Å²) in [7, 11) is 3.18. The van der Waals surface area contributed by atoms with Crippen LogP contribution in [0.3, 0.4) is 0 Å². The number of hydrogen-bond donors (Lipinski definition) is 0. The maximum Gasteiger partial charge on any atom is 0.256 e. The molecular weight excluding hydrogens is 230 g/mol. The van der Waals surface area contributed by atoms with Crippen molar-refractivity contribution in [1.29, 1.82) is 0 Å². The van der Waals surface area contributed by atoms with Crippen molar-refractivity contribution in [3.05, 3.63) is 29.8 Å². The van der Waals surface area contributed by atoms with Crippen LogP contribution < -0.4 is 4.74 Å². The van der Waals surface area contributed by atoms with E-state index in [9.17, 15) is 4.79 Å². The fourth-order valence-corrected chi connectivity index (χ4v) is 2.29. The minimum atomic E-state index is -0.529. The molecule has 98 valence electrons. The summed E-state index contributed by atoms with van der Waals surface area (Å²) in [5.41, 5.74) is 0.841. The molecule has 1 fully saturated rings. The highest BCUT2D eigenvalue weighted by molar-refractivity contribution is 5.82. The van der Waals surface area contributed by atoms with Crippen molar-refractivity contribution in [3.8, 4) is 5.75 Å². The van der Waals surface area contributed by atoms with Gasteiger partial charge in [0.25, 0.3) is 5.91 Å². The fourth-order valence-electron chi connectivity index (χ4n) is 2.29. The predicted molar refractivity (Wildman–Crippen MR) is 68.6 cm³/mol. The molecule has 0 radical (unpaired) electrons. The largest absolute Gasteiger partial charge is 0.497 e. The molecule has 1 aliphatic rings. The van der Waals surface area contributed by atoms with Crippen LogP contribution in [0.15, 0.2) is 24.3 Å². The van der Waals surface area contributed by atoms with Gasteiger partial charge in [-0.2, -0.15) is 0 Å². The first-order valence-electron chi connectivity index (χ1n) is 6.22. The second-order valence-corrected chi connectivity index (χ2v) is 4.42. The van der Waals surface area contributed by atoms with Crippen LogP contribution in [0.5, 0.6) is 5.75 Å². The van der Waals surface area contributed by atoms with Gasteiger partial charge in [0.05, 0.1) is 7.11 Å². The lowest BCUT2D eigenvalue weighted by Crippen LogP contribution is -2.33. The third-order valence-electron chi connectivity index (χ3n) is 3.27. The Kier molecular flexibility index (Phi) is 4.20. The van der Waals surface area contributed by atoms with Crippen molar-refractivity contribution in [2.75, 3.05) is 27.3 Å². The Labute approximate surface area is 107 Å². The van der Waals surface area contributed by atoms with Crippen molar-refractivity contribution in [3.63, 3.8) is 0 Å². The van der Waals surface area contributed by atoms with E-state index in [-0.39, 0.29) is 5.91 Å². The standard InChI is InChI=1S/C14H19NO3/c1-17-12-7-5-6-11(10-12)13(18-2)14(16)15-8-3-4-9-15/h5-7,10,13H,3-4,8-9H2,1-2H3. The summed E-state index contributed by atoms with van der Waals surface area (Å²) in [5, 5.41) is 0. The number of ether oxygens (including phenoxy) is 2. The van der Waals surface area contributed by atoms with Crippen LogP contribution >= 0.6 is 0 Å². The third kappa shape index (κ3) is 2.64. The summed E-state index contributed by atoms with van der Waals surface area (Å²) in [6.45, 7) is 1.67. The number of likely N-dealkylation sites (tertiary alicyclic amines) is 1. The van der Waals surface area contributed by atoms with Gasteiger partial charge in [0.1, 0.15) is 5.75 Å². The molecule has 1 aromatic carbocycles. The summed E-state index contributed by atoms with van der Waals surface area (Å²) < 4.78 is 10.5. The van der Waals surface area contributed by atoms with Crippen LogP contribution in [0.25, 0.3) is 0 Å². The maximum atomic E-state index is 12.3. The third-order valence-corrected chi connectivity index (χ3v) is 3.27. The molecule has 4 heteroatoms. The van der Waals surface area contributed by atoms with E-state index >= 15 is 0 Å². The Hall–Kier alpha value is -1.55. The van der Waals surface area contributed by atoms with Gasteiger partial charge in [0.15, 0.2) is 6.10 Å². The van der Waals surface area contributed by atoms with Gasteiger partial charge in [-0.3, -0.25) is 4.79 Å². The van der Waals surface area contributed by atoms with Gasteiger partial charge < -0.3 is 14.4 Å². The van der Waals surface area contributed by atoms with E-state index in [1.165, 1.54) is 0 Å². The topological polar surface area (TPSA) is 38.8 Å². The lowest BCUT2D eigenvalue weighted by Gasteiger charge is -2.22. The highest BCUT2D eigenvalue weighted by atomic mass is 16.5. The van der Waals surface area contributed by atoms with Crippen LogP contribution in [-0.4, -0.2) is 38.1 Å². The lowest BCUT2D eigenvalue weighted by atomic mass is 10.1. The second kappa shape index (κ2) is 5.87. The zero-order valence-electron chi connectivity index (χ0n) is 10.9. The van der Waals surface area contributed by atoms with E-state index in [2.05, 4.69) is 0 Å². The van der Waals surface area contributed by atoms with Crippen LogP contribution in [0, 0.1) is 0 Å². The normalized spacial score (nSPS) is 16.7. The number of hydrogen-bond acceptors (Lipinski definition) is 3. The van der Waals surface area contributed by atoms with Gasteiger partial charge in [-0.05, 0) is 30.5 Å². The molecule has 1 aliphatic heterocycles. The summed E-state index contributed by atoms with van der Waals surface area (Å²) >= 11 is 0. The molecule has 18 heavy (non-hydrogen) atoms. The van der Waals surface area contributed by atoms with E-state index < -0.39 is 6.10 Å². The SMILES string of the molecule is COc1cccc(C(OC)C(=O)N2CCCC2)c1. The lowest BCUT2D eigenvalue weighted by molar-refractivity contribution is -0.141. The summed E-state index contributed by atoms with van der Waals surface area (Å²) in [5.74, 6) is 0.784. The summed E-state index contributed by atoms with van der Waals surface area (Å²) in [6, 6.07) is 7.47. The number of methoxy groups -OCH3 is 2. The van der Waals surface area contributed by atoms with Crippen molar-refractivity contribution >= 4 is 5.91 Å². The van der Waals surface area contributed by atoms with E-state index in [1.807, 2.05) is 29.2 Å². The Morgan fingerprint density at radius 1 is 1.28 bits per heavy atom. The smallest absolute Gasteiger partial charge is 0.256 e. The molecule has 1 atom stereocenters. The number of benzene rings is 1. The number of nitrogens with zero attached hydrogens (tertiary/aromatic N) is 1. The van der Waals surface area contributed by atoms with Gasteiger partial charge in [0.2, 0.25) is 0 Å². The molecule has 1 heterocycles. The molecule has 4 nitrogen and oxygen atoms in total. The Morgan fingerprint density at radius 3 is 2.61 bits per heavy atom. The highest BCUT2D eigenvalue weighted by Crippen LogP contribution is 2.24. The van der Waals surface area contributed by atoms with Crippen molar-refractivity contribution < 1.29 is 14.3 Å². The van der Waals surface area contributed by atoms with Crippen molar-refractivity contribution in [1.82, 2.24) is 4.90 Å². The minimum absolute atomic E-state index is 0.0447. The molecule has 1 amide bonds. The maximum absolute atomic E-state index is 12.3. The zero-order chi connectivity index (χ0) is 13.0. The molecule has 0 spiro atoms. The van der Waals surface area contributed by atoms with Gasteiger partial charge in [-0.1, -0.05) is 12.1 Å². The van der Waals surface area contributed by atoms with Crippen LogP contribution in [0.2, 0.25) is 0 Å². The number of carbonyl (C=O) groups is 1. The van der Waals surface area contributed by atoms with Gasteiger partial charge in [-0.15, -0.1) is 0 Å². The van der Waals surface area contributed by atoms with Crippen LogP contribution in [0.1, 0.15) is 24.5 Å². The number of carbonyl (C=O) groups excluding carboxylic acids is 1. The average molecular weight is 249 g/mol. The fraction of sp³-hybridized carbons (Fsp3) is 0.500. The summed E-state index contributed by atoms with van der Waals surface area (Å²) in [6.07, 6.45) is 1.64. The molecule has 1 saturated heterocycles. The average Bonchev–Trinajstić information content (AvgIpc) is 2.93. The van der Waals surface area contributed by atoms with Crippen LogP contribution in [0.4, 0.5) is 0 Å². The molecule has 0 aromatic heterocycles. The molecule has 0 bridgehead atoms. The molecule has 2 rings (SSSR count). The van der Waals surface area contributed by atoms with Crippen LogP contribution in [-0.2, 0) is 9.53 Å². The molecule has 0 aliphatic carbocycles. The van der Waals surface area contributed by atoms with Crippen molar-refractivity contribution in [2.24, 2.45) is 0 Å². The highest BCUT2D eigenvalue weighted by Gasteiger charge is 2.27. The van der Waals surface area contributed by atoms with E-state index in [0.29, 0.717) is 0 Å².